The fraction of sp³-hybridized carbons (Fsp3) is 0.533. The maximum atomic E-state index is 11.6. The molecular formula is C15H22N2O2. The molecule has 4 nitrogen and oxygen atoms in total. The van der Waals surface area contributed by atoms with Crippen LogP contribution in [-0.2, 0) is 29.2 Å². The van der Waals surface area contributed by atoms with Gasteiger partial charge in [0.15, 0.2) is 0 Å². The normalized spacial score (nSPS) is 14.3. The Labute approximate surface area is 114 Å². The average molecular weight is 262 g/mol. The fourth-order valence-electron chi connectivity index (χ4n) is 1.99. The van der Waals surface area contributed by atoms with Gasteiger partial charge in [-0.25, -0.2) is 0 Å². The predicted octanol–water partition coefficient (Wildman–Crippen LogP) is 1.72. The van der Waals surface area contributed by atoms with Crippen molar-refractivity contribution in [3.8, 4) is 0 Å². The van der Waals surface area contributed by atoms with E-state index < -0.39 is 0 Å². The molecule has 1 heterocycles. The Morgan fingerprint density at radius 1 is 1.32 bits per heavy atom. The van der Waals surface area contributed by atoms with Gasteiger partial charge in [-0.3, -0.25) is 4.79 Å². The Bertz CT molecular complexity index is 464. The molecule has 0 fully saturated rings. The van der Waals surface area contributed by atoms with E-state index in [2.05, 4.69) is 28.8 Å². The van der Waals surface area contributed by atoms with Crippen LogP contribution in [0.3, 0.4) is 0 Å². The summed E-state index contributed by atoms with van der Waals surface area (Å²) in [5.74, 6) is -0.0754. The van der Waals surface area contributed by atoms with Crippen LogP contribution in [0.1, 0.15) is 37.5 Å². The van der Waals surface area contributed by atoms with Crippen molar-refractivity contribution >= 4 is 5.91 Å². The number of amides is 1. The molecule has 0 bridgehead atoms. The molecule has 0 atom stereocenters. The maximum absolute atomic E-state index is 11.6. The lowest BCUT2D eigenvalue weighted by Crippen LogP contribution is -2.31. The highest BCUT2D eigenvalue weighted by Gasteiger charge is 2.13. The van der Waals surface area contributed by atoms with Crippen LogP contribution in [0, 0.1) is 0 Å². The first kappa shape index (κ1) is 14.0. The molecule has 1 aromatic rings. The Balaban J connectivity index is 1.81. The molecule has 0 unspecified atom stereocenters. The monoisotopic (exact) mass is 262 g/mol. The Morgan fingerprint density at radius 2 is 2.05 bits per heavy atom. The van der Waals surface area contributed by atoms with Crippen LogP contribution in [0.5, 0.6) is 0 Å². The van der Waals surface area contributed by atoms with Crippen molar-refractivity contribution in [1.82, 2.24) is 10.6 Å². The molecular weight excluding hydrogens is 240 g/mol. The lowest BCUT2D eigenvalue weighted by molar-refractivity contribution is -0.130. The molecule has 4 heteroatoms. The van der Waals surface area contributed by atoms with E-state index in [9.17, 15) is 4.79 Å². The second-order valence-electron chi connectivity index (χ2n) is 5.88. The summed E-state index contributed by atoms with van der Waals surface area (Å²) in [5.41, 5.74) is 3.53. The number of ether oxygens (including phenoxy) is 1. The van der Waals surface area contributed by atoms with Crippen LogP contribution in [0.25, 0.3) is 0 Å². The van der Waals surface area contributed by atoms with Gasteiger partial charge in [0.1, 0.15) is 6.61 Å². The second kappa shape index (κ2) is 5.72. The zero-order chi connectivity index (χ0) is 13.9. The summed E-state index contributed by atoms with van der Waals surface area (Å²) < 4.78 is 5.43. The van der Waals surface area contributed by atoms with E-state index in [-0.39, 0.29) is 18.1 Å². The van der Waals surface area contributed by atoms with Gasteiger partial charge in [-0.15, -0.1) is 0 Å². The number of benzene rings is 1. The van der Waals surface area contributed by atoms with E-state index in [1.165, 1.54) is 11.1 Å². The molecule has 0 aromatic heterocycles. The summed E-state index contributed by atoms with van der Waals surface area (Å²) >= 11 is 0. The SMILES string of the molecule is CC(C)(C)OCC(=O)NCc1ccc2c(c1)CNC2. The minimum atomic E-state index is -0.281. The van der Waals surface area contributed by atoms with E-state index in [1.54, 1.807) is 0 Å². The third-order valence-electron chi connectivity index (χ3n) is 3.03. The summed E-state index contributed by atoms with van der Waals surface area (Å²) in [4.78, 5) is 11.6. The summed E-state index contributed by atoms with van der Waals surface area (Å²) in [7, 11) is 0. The number of rotatable bonds is 4. The van der Waals surface area contributed by atoms with Crippen LogP contribution < -0.4 is 10.6 Å². The van der Waals surface area contributed by atoms with Gasteiger partial charge in [0, 0.05) is 19.6 Å². The third-order valence-corrected chi connectivity index (χ3v) is 3.03. The molecule has 1 aliphatic heterocycles. The number of carbonyl (C=O) groups excluding carboxylic acids is 1. The molecule has 0 aliphatic carbocycles. The number of nitrogens with one attached hydrogen (secondary N) is 2. The van der Waals surface area contributed by atoms with Crippen molar-refractivity contribution in [2.75, 3.05) is 6.61 Å². The van der Waals surface area contributed by atoms with Crippen molar-refractivity contribution in [1.29, 1.82) is 0 Å². The van der Waals surface area contributed by atoms with Gasteiger partial charge in [-0.1, -0.05) is 18.2 Å². The molecule has 0 radical (unpaired) electrons. The van der Waals surface area contributed by atoms with Crippen LogP contribution in [-0.4, -0.2) is 18.1 Å². The van der Waals surface area contributed by atoms with Gasteiger partial charge in [0.05, 0.1) is 5.60 Å². The minimum absolute atomic E-state index is 0.0754. The molecule has 2 N–H and O–H groups in total. The van der Waals surface area contributed by atoms with Crippen LogP contribution in [0.15, 0.2) is 18.2 Å². The summed E-state index contributed by atoms with van der Waals surface area (Å²) in [6.07, 6.45) is 0. The molecule has 104 valence electrons. The van der Waals surface area contributed by atoms with E-state index in [4.69, 9.17) is 4.74 Å². The van der Waals surface area contributed by atoms with Gasteiger partial charge in [0.2, 0.25) is 5.91 Å². The summed E-state index contributed by atoms with van der Waals surface area (Å²) in [6, 6.07) is 6.35. The maximum Gasteiger partial charge on any atom is 0.246 e. The first-order valence-electron chi connectivity index (χ1n) is 6.66. The van der Waals surface area contributed by atoms with Gasteiger partial charge in [-0.2, -0.15) is 0 Å². The Kier molecular flexibility index (Phi) is 4.22. The van der Waals surface area contributed by atoms with Gasteiger partial charge in [0.25, 0.3) is 0 Å². The van der Waals surface area contributed by atoms with Crippen molar-refractivity contribution in [3.05, 3.63) is 34.9 Å². The van der Waals surface area contributed by atoms with E-state index in [0.29, 0.717) is 6.54 Å². The number of hydrogen-bond acceptors (Lipinski definition) is 3. The number of carbonyl (C=O) groups is 1. The van der Waals surface area contributed by atoms with Gasteiger partial charge < -0.3 is 15.4 Å². The quantitative estimate of drug-likeness (QED) is 0.868. The van der Waals surface area contributed by atoms with Crippen LogP contribution in [0.4, 0.5) is 0 Å². The molecule has 19 heavy (non-hydrogen) atoms. The zero-order valence-corrected chi connectivity index (χ0v) is 11.9. The largest absolute Gasteiger partial charge is 0.366 e. The van der Waals surface area contributed by atoms with E-state index >= 15 is 0 Å². The summed E-state index contributed by atoms with van der Waals surface area (Å²) in [5, 5.41) is 6.19. The molecule has 2 rings (SSSR count). The topological polar surface area (TPSA) is 50.4 Å². The smallest absolute Gasteiger partial charge is 0.246 e. The van der Waals surface area contributed by atoms with Crippen LogP contribution >= 0.6 is 0 Å². The average Bonchev–Trinajstić information content (AvgIpc) is 2.80. The van der Waals surface area contributed by atoms with Crippen LogP contribution in [0.2, 0.25) is 0 Å². The minimum Gasteiger partial charge on any atom is -0.366 e. The van der Waals surface area contributed by atoms with E-state index in [0.717, 1.165) is 18.7 Å². The Hall–Kier alpha value is -1.39. The molecule has 1 aliphatic rings. The highest BCUT2D eigenvalue weighted by molar-refractivity contribution is 5.77. The predicted molar refractivity (Wildman–Crippen MR) is 74.5 cm³/mol. The lowest BCUT2D eigenvalue weighted by atomic mass is 10.1. The Morgan fingerprint density at radius 3 is 2.79 bits per heavy atom. The first-order valence-corrected chi connectivity index (χ1v) is 6.66. The first-order chi connectivity index (χ1) is 8.94. The van der Waals surface area contributed by atoms with Gasteiger partial charge in [-0.05, 0) is 37.5 Å². The fourth-order valence-corrected chi connectivity index (χ4v) is 1.99. The standard InChI is InChI=1S/C15H22N2O2/c1-15(2,3)19-10-14(18)17-7-11-4-5-12-8-16-9-13(12)6-11/h4-6,16H,7-10H2,1-3H3,(H,17,18). The highest BCUT2D eigenvalue weighted by atomic mass is 16.5. The summed E-state index contributed by atoms with van der Waals surface area (Å²) in [6.45, 7) is 8.34. The van der Waals surface area contributed by atoms with E-state index in [1.807, 2.05) is 20.8 Å². The third kappa shape index (κ3) is 4.33. The molecule has 1 aromatic carbocycles. The number of fused-ring (bicyclic) bond motifs is 1. The van der Waals surface area contributed by atoms with Crippen molar-refractivity contribution in [2.24, 2.45) is 0 Å². The highest BCUT2D eigenvalue weighted by Crippen LogP contribution is 2.16. The van der Waals surface area contributed by atoms with Crippen molar-refractivity contribution in [3.63, 3.8) is 0 Å². The zero-order valence-electron chi connectivity index (χ0n) is 11.9. The van der Waals surface area contributed by atoms with Crippen molar-refractivity contribution in [2.45, 2.75) is 46.0 Å². The molecule has 0 saturated carbocycles. The molecule has 0 spiro atoms. The molecule has 0 saturated heterocycles. The van der Waals surface area contributed by atoms with Gasteiger partial charge >= 0.3 is 0 Å². The number of hydrogen-bond donors (Lipinski definition) is 2. The second-order valence-corrected chi connectivity index (χ2v) is 5.88. The van der Waals surface area contributed by atoms with Crippen molar-refractivity contribution < 1.29 is 9.53 Å². The lowest BCUT2D eigenvalue weighted by Gasteiger charge is -2.19. The molecule has 1 amide bonds.